The third kappa shape index (κ3) is 5.18. The van der Waals surface area contributed by atoms with Crippen LogP contribution in [0, 0.1) is 0 Å². The molecule has 0 saturated heterocycles. The lowest BCUT2D eigenvalue weighted by atomic mass is 10.1. The maximum Gasteiger partial charge on any atom is 0.240 e. The molecule has 1 N–H and O–H groups in total. The van der Waals surface area contributed by atoms with Crippen molar-refractivity contribution in [2.45, 2.75) is 18.7 Å². The Labute approximate surface area is 180 Å². The average Bonchev–Trinajstić information content (AvgIpc) is 3.37. The first-order valence-electron chi connectivity index (χ1n) is 9.86. The van der Waals surface area contributed by atoms with Crippen LogP contribution in [0.3, 0.4) is 0 Å². The fourth-order valence-corrected chi connectivity index (χ4v) is 4.12. The third-order valence-corrected chi connectivity index (χ3v) is 5.65. The summed E-state index contributed by atoms with van der Waals surface area (Å²) in [4.78, 5) is 17.0. The lowest BCUT2D eigenvalue weighted by Gasteiger charge is -2.10. The van der Waals surface area contributed by atoms with Crippen LogP contribution in [0.15, 0.2) is 67.0 Å². The van der Waals surface area contributed by atoms with E-state index in [-0.39, 0.29) is 18.2 Å². The second-order valence-electron chi connectivity index (χ2n) is 7.39. The molecular weight excluding hydrogens is 414 g/mol. The zero-order valence-corrected chi connectivity index (χ0v) is 17.9. The Hall–Kier alpha value is -3.46. The Morgan fingerprint density at radius 3 is 2.55 bits per heavy atom. The number of para-hydroxylation sites is 2. The van der Waals surface area contributed by atoms with Crippen molar-refractivity contribution in [1.29, 1.82) is 0 Å². The standard InChI is InChI=1S/C22H23N5O3S/c1-31(29,30)16-21-25-19-5-2-3-6-20(19)26(21)15-22(28)23-13-11-17-7-9-18(10-8-17)27-14-4-12-24-27/h2-10,12,14H,11,13,15-16H2,1H3,(H,23,28). The highest BCUT2D eigenvalue weighted by atomic mass is 32.2. The summed E-state index contributed by atoms with van der Waals surface area (Å²) in [7, 11) is -3.28. The van der Waals surface area contributed by atoms with E-state index in [2.05, 4.69) is 15.4 Å². The number of benzene rings is 2. The Morgan fingerprint density at radius 1 is 1.06 bits per heavy atom. The van der Waals surface area contributed by atoms with Crippen molar-refractivity contribution in [2.75, 3.05) is 12.8 Å². The first kappa shape index (κ1) is 20.8. The van der Waals surface area contributed by atoms with Gasteiger partial charge in [-0.2, -0.15) is 5.10 Å². The maximum atomic E-state index is 12.6. The highest BCUT2D eigenvalue weighted by Crippen LogP contribution is 2.17. The highest BCUT2D eigenvalue weighted by Gasteiger charge is 2.17. The van der Waals surface area contributed by atoms with E-state index in [4.69, 9.17) is 0 Å². The molecule has 0 bridgehead atoms. The van der Waals surface area contributed by atoms with Crippen molar-refractivity contribution in [1.82, 2.24) is 24.6 Å². The van der Waals surface area contributed by atoms with Crippen LogP contribution < -0.4 is 5.32 Å². The van der Waals surface area contributed by atoms with E-state index in [0.717, 1.165) is 23.0 Å². The van der Waals surface area contributed by atoms with Gasteiger partial charge >= 0.3 is 0 Å². The number of aromatic nitrogens is 4. The molecule has 0 radical (unpaired) electrons. The summed E-state index contributed by atoms with van der Waals surface area (Å²) >= 11 is 0. The first-order chi connectivity index (χ1) is 14.9. The molecule has 0 unspecified atom stereocenters. The number of nitrogens with zero attached hydrogens (tertiary/aromatic N) is 4. The van der Waals surface area contributed by atoms with Crippen LogP contribution in [-0.2, 0) is 33.4 Å². The Morgan fingerprint density at radius 2 is 1.84 bits per heavy atom. The second-order valence-corrected chi connectivity index (χ2v) is 9.53. The van der Waals surface area contributed by atoms with Crippen molar-refractivity contribution in [3.63, 3.8) is 0 Å². The number of rotatable bonds is 8. The summed E-state index contributed by atoms with van der Waals surface area (Å²) in [6.45, 7) is 0.498. The molecule has 2 heterocycles. The van der Waals surface area contributed by atoms with Crippen LogP contribution in [0.5, 0.6) is 0 Å². The average molecular weight is 438 g/mol. The number of hydrogen-bond donors (Lipinski definition) is 1. The molecule has 160 valence electrons. The summed E-state index contributed by atoms with van der Waals surface area (Å²) in [5.41, 5.74) is 3.49. The minimum Gasteiger partial charge on any atom is -0.354 e. The Balaban J connectivity index is 1.39. The SMILES string of the molecule is CS(=O)(=O)Cc1nc2ccccc2n1CC(=O)NCCc1ccc(-n2cccn2)cc1. The van der Waals surface area contributed by atoms with Gasteiger partial charge in [-0.3, -0.25) is 4.79 Å². The number of fused-ring (bicyclic) bond motifs is 1. The smallest absolute Gasteiger partial charge is 0.240 e. The number of hydrogen-bond acceptors (Lipinski definition) is 5. The third-order valence-electron chi connectivity index (χ3n) is 4.87. The minimum absolute atomic E-state index is 0.0175. The molecule has 1 amide bonds. The number of amides is 1. The maximum absolute atomic E-state index is 12.6. The van der Waals surface area contributed by atoms with Gasteiger partial charge in [-0.05, 0) is 42.3 Å². The molecule has 4 rings (SSSR count). The zero-order valence-electron chi connectivity index (χ0n) is 17.1. The molecule has 2 aromatic carbocycles. The number of carbonyl (C=O) groups is 1. The normalized spacial score (nSPS) is 11.6. The molecule has 8 nitrogen and oxygen atoms in total. The van der Waals surface area contributed by atoms with Gasteiger partial charge in [0.15, 0.2) is 9.84 Å². The second kappa shape index (κ2) is 8.73. The largest absolute Gasteiger partial charge is 0.354 e. The molecular formula is C22H23N5O3S. The molecule has 2 aromatic heterocycles. The summed E-state index contributed by atoms with van der Waals surface area (Å²) in [5.74, 6) is -0.0310. The highest BCUT2D eigenvalue weighted by molar-refractivity contribution is 7.89. The quantitative estimate of drug-likeness (QED) is 0.455. The van der Waals surface area contributed by atoms with Crippen molar-refractivity contribution in [2.24, 2.45) is 0 Å². The van der Waals surface area contributed by atoms with Crippen LogP contribution in [-0.4, -0.2) is 46.5 Å². The Bertz CT molecular complexity index is 1290. The van der Waals surface area contributed by atoms with Gasteiger partial charge < -0.3 is 9.88 Å². The molecule has 0 aliphatic carbocycles. The van der Waals surface area contributed by atoms with Gasteiger partial charge in [0, 0.05) is 25.2 Å². The van der Waals surface area contributed by atoms with Crippen LogP contribution >= 0.6 is 0 Å². The van der Waals surface area contributed by atoms with E-state index >= 15 is 0 Å². The lowest BCUT2D eigenvalue weighted by molar-refractivity contribution is -0.121. The molecule has 0 aliphatic heterocycles. The molecule has 4 aromatic rings. The predicted octanol–water partition coefficient (Wildman–Crippen LogP) is 2.13. The number of imidazole rings is 1. The van der Waals surface area contributed by atoms with Gasteiger partial charge in [0.1, 0.15) is 18.1 Å². The summed E-state index contributed by atoms with van der Waals surface area (Å²) < 4.78 is 27.0. The Kier molecular flexibility index (Phi) is 5.85. The van der Waals surface area contributed by atoms with E-state index in [1.807, 2.05) is 60.8 Å². The minimum atomic E-state index is -3.28. The fourth-order valence-electron chi connectivity index (χ4n) is 3.43. The van der Waals surface area contributed by atoms with Crippen molar-refractivity contribution >= 4 is 26.8 Å². The lowest BCUT2D eigenvalue weighted by Crippen LogP contribution is -2.30. The van der Waals surface area contributed by atoms with E-state index < -0.39 is 9.84 Å². The molecule has 0 fully saturated rings. The van der Waals surface area contributed by atoms with Crippen LogP contribution in [0.1, 0.15) is 11.4 Å². The summed E-state index contributed by atoms with van der Waals surface area (Å²) in [6.07, 6.45) is 5.46. The van der Waals surface area contributed by atoms with E-state index in [1.54, 1.807) is 15.4 Å². The van der Waals surface area contributed by atoms with Gasteiger partial charge in [0.2, 0.25) is 5.91 Å². The fraction of sp³-hybridized carbons (Fsp3) is 0.227. The van der Waals surface area contributed by atoms with Gasteiger partial charge in [-0.25, -0.2) is 18.1 Å². The molecule has 0 aliphatic rings. The molecule has 0 atom stereocenters. The topological polar surface area (TPSA) is 98.9 Å². The molecule has 31 heavy (non-hydrogen) atoms. The van der Waals surface area contributed by atoms with Crippen LogP contribution in [0.2, 0.25) is 0 Å². The van der Waals surface area contributed by atoms with Crippen LogP contribution in [0.4, 0.5) is 0 Å². The molecule has 0 spiro atoms. The van der Waals surface area contributed by atoms with Crippen LogP contribution in [0.25, 0.3) is 16.7 Å². The van der Waals surface area contributed by atoms with Crippen molar-refractivity contribution < 1.29 is 13.2 Å². The summed E-state index contributed by atoms with van der Waals surface area (Å²) in [6, 6.07) is 17.2. The number of nitrogens with one attached hydrogen (secondary N) is 1. The summed E-state index contributed by atoms with van der Waals surface area (Å²) in [5, 5.41) is 7.11. The van der Waals surface area contributed by atoms with Gasteiger partial charge in [0.05, 0.1) is 16.7 Å². The van der Waals surface area contributed by atoms with Crippen molar-refractivity contribution in [3.05, 3.63) is 78.4 Å². The predicted molar refractivity (Wildman–Crippen MR) is 119 cm³/mol. The molecule has 9 heteroatoms. The van der Waals surface area contributed by atoms with E-state index in [1.165, 1.54) is 0 Å². The van der Waals surface area contributed by atoms with E-state index in [0.29, 0.717) is 24.3 Å². The van der Waals surface area contributed by atoms with Gasteiger partial charge in [0.25, 0.3) is 0 Å². The van der Waals surface area contributed by atoms with Gasteiger partial charge in [-0.15, -0.1) is 0 Å². The van der Waals surface area contributed by atoms with Crippen molar-refractivity contribution in [3.8, 4) is 5.69 Å². The zero-order chi connectivity index (χ0) is 21.8. The first-order valence-corrected chi connectivity index (χ1v) is 11.9. The molecule has 0 saturated carbocycles. The monoisotopic (exact) mass is 437 g/mol. The van der Waals surface area contributed by atoms with E-state index in [9.17, 15) is 13.2 Å². The van der Waals surface area contributed by atoms with Gasteiger partial charge in [-0.1, -0.05) is 24.3 Å². The number of carbonyl (C=O) groups excluding carboxylic acids is 1. The number of sulfone groups is 1.